The van der Waals surface area contributed by atoms with Crippen molar-refractivity contribution in [3.8, 4) is 5.75 Å². The normalized spacial score (nSPS) is 14.1. The third-order valence-electron chi connectivity index (χ3n) is 4.52. The zero-order valence-electron chi connectivity index (χ0n) is 15.2. The molecule has 0 spiro atoms. The summed E-state index contributed by atoms with van der Waals surface area (Å²) in [6.45, 7) is 2.75. The van der Waals surface area contributed by atoms with E-state index in [0.717, 1.165) is 34.2 Å². The van der Waals surface area contributed by atoms with Gasteiger partial charge >= 0.3 is 0 Å². The average Bonchev–Trinajstić information content (AvgIpc) is 2.73. The smallest absolute Gasteiger partial charge is 0.262 e. The molecule has 1 amide bonds. The number of morpholine rings is 1. The summed E-state index contributed by atoms with van der Waals surface area (Å²) in [5, 5.41) is 5.07. The van der Waals surface area contributed by atoms with Crippen LogP contribution in [0.1, 0.15) is 0 Å². The highest BCUT2D eigenvalue weighted by Crippen LogP contribution is 2.25. The van der Waals surface area contributed by atoms with Crippen LogP contribution in [-0.4, -0.2) is 43.8 Å². The summed E-state index contributed by atoms with van der Waals surface area (Å²) >= 11 is 3.47. The number of fused-ring (bicyclic) bond motifs is 1. The lowest BCUT2D eigenvalue weighted by molar-refractivity contribution is -0.118. The maximum Gasteiger partial charge on any atom is 0.262 e. The Balaban J connectivity index is 1.40. The number of hydrogen-bond donors (Lipinski definition) is 1. The van der Waals surface area contributed by atoms with E-state index in [1.807, 2.05) is 48.5 Å². The minimum Gasteiger partial charge on any atom is -0.484 e. The van der Waals surface area contributed by atoms with Gasteiger partial charge in [-0.2, -0.15) is 0 Å². The van der Waals surface area contributed by atoms with Gasteiger partial charge in [-0.25, -0.2) is 4.98 Å². The van der Waals surface area contributed by atoms with E-state index in [0.29, 0.717) is 24.7 Å². The highest BCUT2D eigenvalue weighted by atomic mass is 79.9. The van der Waals surface area contributed by atoms with Gasteiger partial charge in [0, 0.05) is 23.8 Å². The summed E-state index contributed by atoms with van der Waals surface area (Å²) in [6.07, 6.45) is 1.73. The maximum atomic E-state index is 12.4. The van der Waals surface area contributed by atoms with Gasteiger partial charge in [-0.3, -0.25) is 4.79 Å². The fourth-order valence-electron chi connectivity index (χ4n) is 3.14. The molecule has 3 aromatic rings. The van der Waals surface area contributed by atoms with E-state index in [9.17, 15) is 4.79 Å². The Labute approximate surface area is 171 Å². The van der Waals surface area contributed by atoms with Crippen molar-refractivity contribution in [2.45, 2.75) is 0 Å². The lowest BCUT2D eigenvalue weighted by atomic mass is 10.1. The summed E-state index contributed by atoms with van der Waals surface area (Å²) in [5.41, 5.74) is 0.682. The van der Waals surface area contributed by atoms with Crippen LogP contribution >= 0.6 is 15.9 Å². The molecule has 0 saturated carbocycles. The number of ether oxygens (including phenoxy) is 2. The summed E-state index contributed by atoms with van der Waals surface area (Å²) < 4.78 is 12.1. The summed E-state index contributed by atoms with van der Waals surface area (Å²) in [5.74, 6) is 1.19. The molecule has 0 unspecified atom stereocenters. The monoisotopic (exact) mass is 441 g/mol. The van der Waals surface area contributed by atoms with E-state index < -0.39 is 0 Å². The molecular formula is C21H20BrN3O3. The first-order valence-electron chi connectivity index (χ1n) is 9.09. The van der Waals surface area contributed by atoms with E-state index in [1.54, 1.807) is 6.20 Å². The van der Waals surface area contributed by atoms with Gasteiger partial charge in [0.15, 0.2) is 12.4 Å². The van der Waals surface area contributed by atoms with Crippen LogP contribution in [0.15, 0.2) is 59.2 Å². The minimum absolute atomic E-state index is 0.0700. The average molecular weight is 442 g/mol. The maximum absolute atomic E-state index is 12.4. The molecule has 1 aromatic heterocycles. The number of pyridine rings is 1. The van der Waals surface area contributed by atoms with Gasteiger partial charge in [0.2, 0.25) is 0 Å². The number of benzene rings is 2. The number of carbonyl (C=O) groups excluding carboxylic acids is 1. The van der Waals surface area contributed by atoms with E-state index in [1.165, 1.54) is 0 Å². The third kappa shape index (κ3) is 4.43. The largest absolute Gasteiger partial charge is 0.484 e. The van der Waals surface area contributed by atoms with Crippen LogP contribution in [0.3, 0.4) is 0 Å². The second-order valence-corrected chi connectivity index (χ2v) is 7.38. The summed E-state index contributed by atoms with van der Waals surface area (Å²) in [4.78, 5) is 19.0. The number of amides is 1. The van der Waals surface area contributed by atoms with E-state index in [2.05, 4.69) is 31.1 Å². The minimum atomic E-state index is -0.224. The van der Waals surface area contributed by atoms with Gasteiger partial charge in [0.1, 0.15) is 5.75 Å². The Morgan fingerprint density at radius 1 is 1.14 bits per heavy atom. The van der Waals surface area contributed by atoms with Gasteiger partial charge in [0.05, 0.1) is 18.9 Å². The van der Waals surface area contributed by atoms with Crippen LogP contribution in [-0.2, 0) is 9.53 Å². The van der Waals surface area contributed by atoms with Crippen LogP contribution in [0.2, 0.25) is 0 Å². The molecule has 1 fully saturated rings. The molecule has 1 N–H and O–H groups in total. The fourth-order valence-corrected chi connectivity index (χ4v) is 3.52. The number of rotatable bonds is 5. The van der Waals surface area contributed by atoms with Gasteiger partial charge < -0.3 is 19.7 Å². The first-order chi connectivity index (χ1) is 13.7. The second kappa shape index (κ2) is 8.58. The van der Waals surface area contributed by atoms with Crippen molar-refractivity contribution in [1.82, 2.24) is 4.98 Å². The van der Waals surface area contributed by atoms with Crippen LogP contribution in [0, 0.1) is 0 Å². The molecule has 0 aliphatic carbocycles. The van der Waals surface area contributed by atoms with E-state index in [4.69, 9.17) is 9.47 Å². The molecule has 1 aliphatic heterocycles. The number of halogens is 1. The Kier molecular flexibility index (Phi) is 5.73. The molecule has 2 aromatic carbocycles. The van der Waals surface area contributed by atoms with Crippen molar-refractivity contribution in [3.63, 3.8) is 0 Å². The van der Waals surface area contributed by atoms with E-state index >= 15 is 0 Å². The van der Waals surface area contributed by atoms with Crippen LogP contribution in [0.5, 0.6) is 5.75 Å². The summed E-state index contributed by atoms with van der Waals surface area (Å²) in [7, 11) is 0. The first kappa shape index (κ1) is 18.7. The van der Waals surface area contributed by atoms with Crippen LogP contribution in [0.25, 0.3) is 10.8 Å². The molecule has 0 bridgehead atoms. The Morgan fingerprint density at radius 2 is 1.93 bits per heavy atom. The van der Waals surface area contributed by atoms with Gasteiger partial charge in [-0.1, -0.05) is 28.1 Å². The molecule has 28 heavy (non-hydrogen) atoms. The summed E-state index contributed by atoms with van der Waals surface area (Å²) in [6, 6.07) is 15.5. The predicted molar refractivity (Wildman–Crippen MR) is 113 cm³/mol. The number of anilines is 2. The van der Waals surface area contributed by atoms with Crippen molar-refractivity contribution in [1.29, 1.82) is 0 Å². The molecule has 2 heterocycles. The Hall–Kier alpha value is -2.64. The van der Waals surface area contributed by atoms with Crippen molar-refractivity contribution in [2.24, 2.45) is 0 Å². The highest BCUT2D eigenvalue weighted by Gasteiger charge is 2.17. The van der Waals surface area contributed by atoms with Gasteiger partial charge in [-0.05, 0) is 47.2 Å². The molecule has 144 valence electrons. The molecule has 0 atom stereocenters. The number of carbonyl (C=O) groups is 1. The van der Waals surface area contributed by atoms with Gasteiger partial charge in [-0.15, -0.1) is 0 Å². The fraction of sp³-hybridized carbons (Fsp3) is 0.238. The number of nitrogens with one attached hydrogen (secondary N) is 1. The van der Waals surface area contributed by atoms with Crippen molar-refractivity contribution >= 4 is 44.1 Å². The van der Waals surface area contributed by atoms with Crippen LogP contribution < -0.4 is 15.0 Å². The lowest BCUT2D eigenvalue weighted by Gasteiger charge is -2.29. The predicted octanol–water partition coefficient (Wildman–Crippen LogP) is 3.85. The molecular weight excluding hydrogens is 422 g/mol. The van der Waals surface area contributed by atoms with Crippen LogP contribution in [0.4, 0.5) is 11.5 Å². The SMILES string of the molecule is O=C(COc1ccc2cc(Br)ccc2c1)Nc1cccnc1N1CCOCC1. The van der Waals surface area contributed by atoms with Crippen molar-refractivity contribution < 1.29 is 14.3 Å². The zero-order valence-corrected chi connectivity index (χ0v) is 16.8. The number of aromatic nitrogens is 1. The standard InChI is InChI=1S/C21H20BrN3O3/c22-17-5-3-16-13-18(6-4-15(16)12-17)28-14-20(26)24-19-2-1-7-23-21(19)25-8-10-27-11-9-25/h1-7,12-13H,8-11,14H2,(H,24,26). The molecule has 1 saturated heterocycles. The molecule has 4 rings (SSSR count). The third-order valence-corrected chi connectivity index (χ3v) is 5.01. The zero-order chi connectivity index (χ0) is 19.3. The Morgan fingerprint density at radius 3 is 2.79 bits per heavy atom. The van der Waals surface area contributed by atoms with Gasteiger partial charge in [0.25, 0.3) is 5.91 Å². The number of nitrogens with zero attached hydrogens (tertiary/aromatic N) is 2. The van der Waals surface area contributed by atoms with Crippen molar-refractivity contribution in [3.05, 3.63) is 59.2 Å². The molecule has 1 aliphatic rings. The lowest BCUT2D eigenvalue weighted by Crippen LogP contribution is -2.37. The molecule has 7 heteroatoms. The second-order valence-electron chi connectivity index (χ2n) is 6.46. The van der Waals surface area contributed by atoms with E-state index in [-0.39, 0.29) is 12.5 Å². The number of hydrogen-bond acceptors (Lipinski definition) is 5. The topological polar surface area (TPSA) is 63.7 Å². The first-order valence-corrected chi connectivity index (χ1v) is 9.88. The quantitative estimate of drug-likeness (QED) is 0.651. The highest BCUT2D eigenvalue weighted by molar-refractivity contribution is 9.10. The Bertz CT molecular complexity index is 990. The van der Waals surface area contributed by atoms with Crippen molar-refractivity contribution in [2.75, 3.05) is 43.1 Å². The molecule has 0 radical (unpaired) electrons. The molecule has 6 nitrogen and oxygen atoms in total.